The number of benzene rings is 1. The topological polar surface area (TPSA) is 120 Å². The number of anilines is 2. The number of H-pyrrole nitrogens is 1. The fraction of sp³-hybridized carbons (Fsp3) is 0.344. The number of carbonyl (C=O) groups is 2. The Kier molecular flexibility index (Phi) is 8.43. The number of likely N-dealkylation sites (tertiary alicyclic amines) is 1. The number of amides is 2. The van der Waals surface area contributed by atoms with Gasteiger partial charge in [-0.3, -0.25) is 19.5 Å². The molecular weight excluding hydrogens is 544 g/mol. The van der Waals surface area contributed by atoms with Gasteiger partial charge in [-0.15, -0.1) is 0 Å². The average molecular weight is 581 g/mol. The van der Waals surface area contributed by atoms with Crippen LogP contribution in [-0.4, -0.2) is 89.1 Å². The van der Waals surface area contributed by atoms with E-state index in [1.807, 2.05) is 36.4 Å². The molecule has 1 aromatic carbocycles. The van der Waals surface area contributed by atoms with E-state index in [-0.39, 0.29) is 17.9 Å². The molecule has 3 aromatic heterocycles. The molecule has 2 saturated heterocycles. The highest BCUT2D eigenvalue weighted by molar-refractivity contribution is 6.04. The van der Waals surface area contributed by atoms with Crippen molar-refractivity contribution < 1.29 is 14.3 Å². The van der Waals surface area contributed by atoms with Gasteiger partial charge in [-0.2, -0.15) is 0 Å². The molecule has 5 heterocycles. The summed E-state index contributed by atoms with van der Waals surface area (Å²) in [4.78, 5) is 48.1. The highest BCUT2D eigenvalue weighted by Crippen LogP contribution is 2.30. The molecule has 11 nitrogen and oxygen atoms in total. The fourth-order valence-corrected chi connectivity index (χ4v) is 5.79. The van der Waals surface area contributed by atoms with E-state index >= 15 is 0 Å². The van der Waals surface area contributed by atoms with Crippen LogP contribution < -0.4 is 15.1 Å². The Morgan fingerprint density at radius 2 is 1.93 bits per heavy atom. The lowest BCUT2D eigenvalue weighted by atomic mass is 10.0. The number of carbonyl (C=O) groups excluding carboxylic acids is 2. The minimum Gasteiger partial charge on any atom is -0.378 e. The van der Waals surface area contributed by atoms with Gasteiger partial charge in [0, 0.05) is 56.8 Å². The maximum absolute atomic E-state index is 13.4. The summed E-state index contributed by atoms with van der Waals surface area (Å²) in [5, 5.41) is 3.97. The number of fused-ring (bicyclic) bond motifs is 1. The smallest absolute Gasteiger partial charge is 0.276 e. The molecule has 2 aliphatic rings. The van der Waals surface area contributed by atoms with Crippen LogP contribution in [0.2, 0.25) is 0 Å². The highest BCUT2D eigenvalue weighted by atomic mass is 16.5. The first-order valence-electron chi connectivity index (χ1n) is 14.6. The van der Waals surface area contributed by atoms with Crippen LogP contribution in [0.1, 0.15) is 28.9 Å². The van der Waals surface area contributed by atoms with E-state index in [0.29, 0.717) is 25.5 Å². The Hall–Kier alpha value is -4.61. The number of aromatic nitrogens is 4. The Labute approximate surface area is 250 Å². The van der Waals surface area contributed by atoms with Gasteiger partial charge in [-0.1, -0.05) is 18.7 Å². The van der Waals surface area contributed by atoms with E-state index in [1.54, 1.807) is 24.5 Å². The molecule has 0 radical (unpaired) electrons. The summed E-state index contributed by atoms with van der Waals surface area (Å²) in [6.07, 6.45) is 6.53. The quantitative estimate of drug-likeness (QED) is 0.305. The lowest BCUT2D eigenvalue weighted by molar-refractivity contribution is -0.117. The molecule has 11 heteroatoms. The van der Waals surface area contributed by atoms with E-state index in [1.165, 1.54) is 6.08 Å². The first-order valence-corrected chi connectivity index (χ1v) is 14.6. The molecule has 43 heavy (non-hydrogen) atoms. The molecule has 6 rings (SSSR count). The largest absolute Gasteiger partial charge is 0.378 e. The van der Waals surface area contributed by atoms with Crippen molar-refractivity contribution in [2.24, 2.45) is 0 Å². The van der Waals surface area contributed by atoms with Crippen molar-refractivity contribution in [1.29, 1.82) is 0 Å². The van der Waals surface area contributed by atoms with Gasteiger partial charge in [0.25, 0.3) is 5.91 Å². The zero-order valence-electron chi connectivity index (χ0n) is 24.3. The first kappa shape index (κ1) is 28.5. The molecule has 0 aliphatic carbocycles. The third-order valence-corrected chi connectivity index (χ3v) is 8.07. The zero-order chi connectivity index (χ0) is 29.8. The Morgan fingerprint density at radius 3 is 2.72 bits per heavy atom. The Balaban J connectivity index is 1.13. The molecule has 1 atom stereocenters. The second-order valence-electron chi connectivity index (χ2n) is 11.0. The van der Waals surface area contributed by atoms with Crippen LogP contribution in [0, 0.1) is 0 Å². The van der Waals surface area contributed by atoms with E-state index in [0.717, 1.165) is 78.4 Å². The lowest BCUT2D eigenvalue weighted by Crippen LogP contribution is -2.46. The number of piperidine rings is 1. The van der Waals surface area contributed by atoms with Crippen LogP contribution in [0.4, 0.5) is 11.5 Å². The summed E-state index contributed by atoms with van der Waals surface area (Å²) in [5.41, 5.74) is 4.88. The maximum atomic E-state index is 13.4. The summed E-state index contributed by atoms with van der Waals surface area (Å²) in [6, 6.07) is 13.8. The van der Waals surface area contributed by atoms with Gasteiger partial charge in [0.1, 0.15) is 23.5 Å². The third kappa shape index (κ3) is 6.42. The molecule has 2 N–H and O–H groups in total. The predicted octanol–water partition coefficient (Wildman–Crippen LogP) is 3.40. The van der Waals surface area contributed by atoms with Gasteiger partial charge in [0.15, 0.2) is 0 Å². The van der Waals surface area contributed by atoms with E-state index in [9.17, 15) is 9.59 Å². The molecule has 2 amide bonds. The lowest BCUT2D eigenvalue weighted by Gasteiger charge is -2.33. The van der Waals surface area contributed by atoms with Crippen LogP contribution in [0.15, 0.2) is 67.6 Å². The van der Waals surface area contributed by atoms with Gasteiger partial charge in [-0.05, 0) is 66.9 Å². The van der Waals surface area contributed by atoms with Crippen LogP contribution in [0.5, 0.6) is 0 Å². The van der Waals surface area contributed by atoms with Gasteiger partial charge in [-0.25, -0.2) is 9.97 Å². The summed E-state index contributed by atoms with van der Waals surface area (Å²) < 4.78 is 5.50. The molecule has 2 aliphatic heterocycles. The van der Waals surface area contributed by atoms with Crippen LogP contribution >= 0.6 is 0 Å². The number of rotatable bonds is 8. The molecule has 0 bridgehead atoms. The van der Waals surface area contributed by atoms with E-state index in [4.69, 9.17) is 4.74 Å². The standard InChI is InChI=1S/C32H36N8O3/c1-3-29(41)36-24-5-4-12-39(20-24)19-22-10-11-33-28(17-22)32(42)38(2)25-8-6-23(7-9-25)27-18-26-30(37-27)34-21-35-31(26)40-13-15-43-16-14-40/h3,6-11,17-18,21,24H,1,4-5,12-16,19-20H2,2H3,(H,36,41)(H,34,35,37)/t24-/m1/s1. The summed E-state index contributed by atoms with van der Waals surface area (Å²) >= 11 is 0. The van der Waals surface area contributed by atoms with Crippen molar-refractivity contribution in [2.75, 3.05) is 56.2 Å². The van der Waals surface area contributed by atoms with Crippen molar-refractivity contribution >= 4 is 34.4 Å². The minimum atomic E-state index is -0.180. The van der Waals surface area contributed by atoms with E-state index in [2.05, 4.69) is 47.7 Å². The summed E-state index contributed by atoms with van der Waals surface area (Å²) in [7, 11) is 1.76. The second kappa shape index (κ2) is 12.7. The predicted molar refractivity (Wildman–Crippen MR) is 166 cm³/mol. The first-order chi connectivity index (χ1) is 21.0. The molecule has 0 unspecified atom stereocenters. The van der Waals surface area contributed by atoms with Gasteiger partial charge < -0.3 is 24.8 Å². The number of nitrogens with zero attached hydrogens (tertiary/aromatic N) is 6. The number of ether oxygens (including phenoxy) is 1. The monoisotopic (exact) mass is 580 g/mol. The Morgan fingerprint density at radius 1 is 1.12 bits per heavy atom. The average Bonchev–Trinajstić information content (AvgIpc) is 3.49. The number of nitrogens with one attached hydrogen (secondary N) is 2. The number of aromatic amines is 1. The minimum absolute atomic E-state index is 0.0976. The van der Waals surface area contributed by atoms with Crippen molar-refractivity contribution in [3.05, 3.63) is 78.9 Å². The fourth-order valence-electron chi connectivity index (χ4n) is 5.79. The van der Waals surface area contributed by atoms with Gasteiger partial charge in [0.05, 0.1) is 18.6 Å². The van der Waals surface area contributed by atoms with Crippen LogP contribution in [0.3, 0.4) is 0 Å². The number of pyridine rings is 1. The van der Waals surface area contributed by atoms with E-state index < -0.39 is 0 Å². The molecule has 4 aromatic rings. The molecular formula is C32H36N8O3. The maximum Gasteiger partial charge on any atom is 0.276 e. The van der Waals surface area contributed by atoms with Crippen molar-refractivity contribution in [3.63, 3.8) is 0 Å². The molecule has 0 spiro atoms. The highest BCUT2D eigenvalue weighted by Gasteiger charge is 2.22. The zero-order valence-corrected chi connectivity index (χ0v) is 24.3. The SMILES string of the molecule is C=CC(=O)N[C@@H]1CCCN(Cc2ccnc(C(=O)N(C)c3ccc(-c4cc5c(N6CCOCC6)ncnc5[nH]4)cc3)c2)C1. The second-order valence-corrected chi connectivity index (χ2v) is 11.0. The van der Waals surface area contributed by atoms with Crippen LogP contribution in [0.25, 0.3) is 22.3 Å². The van der Waals surface area contributed by atoms with Gasteiger partial charge in [0.2, 0.25) is 5.91 Å². The number of morpholine rings is 1. The normalized spacial score (nSPS) is 17.5. The van der Waals surface area contributed by atoms with Crippen molar-refractivity contribution in [1.82, 2.24) is 30.2 Å². The van der Waals surface area contributed by atoms with Gasteiger partial charge >= 0.3 is 0 Å². The summed E-state index contributed by atoms with van der Waals surface area (Å²) in [6.45, 7) is 8.90. The molecule has 0 saturated carbocycles. The number of hydrogen-bond acceptors (Lipinski definition) is 8. The number of hydrogen-bond donors (Lipinski definition) is 2. The van der Waals surface area contributed by atoms with Crippen LogP contribution in [-0.2, 0) is 16.1 Å². The molecule has 2 fully saturated rings. The molecule has 222 valence electrons. The van der Waals surface area contributed by atoms with Crippen molar-refractivity contribution in [3.8, 4) is 11.3 Å². The summed E-state index contributed by atoms with van der Waals surface area (Å²) in [5.74, 6) is 0.584. The Bertz CT molecular complexity index is 1610. The third-order valence-electron chi connectivity index (χ3n) is 8.07. The van der Waals surface area contributed by atoms with Crippen molar-refractivity contribution in [2.45, 2.75) is 25.4 Å².